The molecule has 4 aromatic rings. The first kappa shape index (κ1) is 17.0. The Labute approximate surface area is 155 Å². The lowest BCUT2D eigenvalue weighted by Crippen LogP contribution is -2.25. The predicted molar refractivity (Wildman–Crippen MR) is 105 cm³/mol. The number of aryl methyl sites for hydroxylation is 2. The molecule has 0 fully saturated rings. The monoisotopic (exact) mass is 361 g/mol. The average Bonchev–Trinajstić information content (AvgIpc) is 3.06. The van der Waals surface area contributed by atoms with Gasteiger partial charge in [0.25, 0.3) is 5.56 Å². The summed E-state index contributed by atoms with van der Waals surface area (Å²) in [5.74, 6) is -0.0897. The van der Waals surface area contributed by atoms with E-state index in [1.807, 2.05) is 48.1 Å². The molecule has 2 aromatic heterocycles. The average molecular weight is 361 g/mol. The van der Waals surface area contributed by atoms with Gasteiger partial charge in [0, 0.05) is 37.1 Å². The summed E-state index contributed by atoms with van der Waals surface area (Å²) in [7, 11) is 1.97. The van der Waals surface area contributed by atoms with Crippen molar-refractivity contribution in [3.63, 3.8) is 0 Å². The zero-order valence-electron chi connectivity index (χ0n) is 14.9. The van der Waals surface area contributed by atoms with Crippen molar-refractivity contribution in [2.75, 3.05) is 5.32 Å². The summed E-state index contributed by atoms with van der Waals surface area (Å²) in [6.07, 6.45) is 2.76. The molecule has 0 aliphatic carbocycles. The highest BCUT2D eigenvalue weighted by atomic mass is 16.1. The normalized spacial score (nSPS) is 11.1. The van der Waals surface area contributed by atoms with Crippen LogP contribution in [-0.2, 0) is 18.4 Å². The number of fused-ring (bicyclic) bond motifs is 2. The van der Waals surface area contributed by atoms with E-state index < -0.39 is 0 Å². The van der Waals surface area contributed by atoms with Gasteiger partial charge in [0.15, 0.2) is 0 Å². The molecule has 0 saturated heterocycles. The summed E-state index contributed by atoms with van der Waals surface area (Å²) >= 11 is 0. The van der Waals surface area contributed by atoms with Gasteiger partial charge >= 0.3 is 0 Å². The molecular formula is C20H19N5O2. The zero-order valence-corrected chi connectivity index (χ0v) is 14.9. The smallest absolute Gasteiger partial charge is 0.277 e. The number of hydrogen-bond donors (Lipinski definition) is 1. The Kier molecular flexibility index (Phi) is 4.42. The first-order valence-electron chi connectivity index (χ1n) is 8.80. The summed E-state index contributed by atoms with van der Waals surface area (Å²) in [5.41, 5.74) is 2.24. The van der Waals surface area contributed by atoms with E-state index >= 15 is 0 Å². The van der Waals surface area contributed by atoms with Crippen molar-refractivity contribution in [2.24, 2.45) is 7.05 Å². The number of nitrogens with zero attached hydrogens (tertiary/aromatic N) is 4. The van der Waals surface area contributed by atoms with Crippen molar-refractivity contribution in [3.8, 4) is 0 Å². The second-order valence-corrected chi connectivity index (χ2v) is 6.45. The van der Waals surface area contributed by atoms with E-state index in [-0.39, 0.29) is 11.5 Å². The minimum atomic E-state index is -0.185. The molecule has 2 aromatic carbocycles. The van der Waals surface area contributed by atoms with Crippen molar-refractivity contribution >= 4 is 33.4 Å². The highest BCUT2D eigenvalue weighted by Crippen LogP contribution is 2.24. The van der Waals surface area contributed by atoms with Crippen molar-refractivity contribution < 1.29 is 4.79 Å². The molecule has 0 aliphatic rings. The van der Waals surface area contributed by atoms with Crippen LogP contribution >= 0.6 is 0 Å². The maximum atomic E-state index is 12.4. The van der Waals surface area contributed by atoms with Gasteiger partial charge < -0.3 is 9.88 Å². The fourth-order valence-corrected chi connectivity index (χ4v) is 3.18. The van der Waals surface area contributed by atoms with Gasteiger partial charge in [-0.25, -0.2) is 4.68 Å². The fourth-order valence-electron chi connectivity index (χ4n) is 3.18. The maximum absolute atomic E-state index is 12.4. The van der Waals surface area contributed by atoms with Gasteiger partial charge in [-0.3, -0.25) is 9.59 Å². The van der Waals surface area contributed by atoms with E-state index in [1.165, 1.54) is 4.68 Å². The van der Waals surface area contributed by atoms with Crippen molar-refractivity contribution in [1.82, 2.24) is 19.6 Å². The molecule has 1 amide bonds. The standard InChI is InChI=1S/C20H19N5O2/c1-24-13-11-14-16(8-4-9-18(14)24)21-19(26)10-5-12-25-20(27)15-6-2-3-7-17(15)22-23-25/h2-4,6-9,11,13H,5,10,12H2,1H3,(H,21,26). The molecule has 0 unspecified atom stereocenters. The summed E-state index contributed by atoms with van der Waals surface area (Å²) in [5, 5.41) is 12.5. The van der Waals surface area contributed by atoms with E-state index in [9.17, 15) is 9.59 Å². The van der Waals surface area contributed by atoms with Crippen LogP contribution in [0.1, 0.15) is 12.8 Å². The first-order chi connectivity index (χ1) is 13.1. The van der Waals surface area contributed by atoms with Crippen LogP contribution in [0.5, 0.6) is 0 Å². The number of aromatic nitrogens is 4. The maximum Gasteiger partial charge on any atom is 0.277 e. The number of carbonyl (C=O) groups is 1. The topological polar surface area (TPSA) is 81.8 Å². The Bertz CT molecular complexity index is 1190. The largest absolute Gasteiger partial charge is 0.350 e. The number of anilines is 1. The highest BCUT2D eigenvalue weighted by Gasteiger charge is 2.09. The number of nitrogens with one attached hydrogen (secondary N) is 1. The molecule has 0 aliphatic heterocycles. The summed E-state index contributed by atoms with van der Waals surface area (Å²) in [4.78, 5) is 24.7. The third-order valence-electron chi connectivity index (χ3n) is 4.61. The Morgan fingerprint density at radius 2 is 1.93 bits per heavy atom. The Morgan fingerprint density at radius 3 is 2.81 bits per heavy atom. The van der Waals surface area contributed by atoms with E-state index in [4.69, 9.17) is 0 Å². The Hall–Kier alpha value is -3.48. The molecule has 0 saturated carbocycles. The van der Waals surface area contributed by atoms with Crippen LogP contribution in [0.2, 0.25) is 0 Å². The number of amides is 1. The molecule has 27 heavy (non-hydrogen) atoms. The zero-order chi connectivity index (χ0) is 18.8. The molecule has 0 spiro atoms. The second kappa shape index (κ2) is 7.03. The number of carbonyl (C=O) groups excluding carboxylic acids is 1. The van der Waals surface area contributed by atoms with Crippen LogP contribution in [-0.4, -0.2) is 25.5 Å². The minimum Gasteiger partial charge on any atom is -0.350 e. The minimum absolute atomic E-state index is 0.0897. The van der Waals surface area contributed by atoms with Gasteiger partial charge in [0.2, 0.25) is 5.91 Å². The number of hydrogen-bond acceptors (Lipinski definition) is 4. The van der Waals surface area contributed by atoms with Crippen molar-refractivity contribution in [1.29, 1.82) is 0 Å². The van der Waals surface area contributed by atoms with Crippen molar-refractivity contribution in [2.45, 2.75) is 19.4 Å². The van der Waals surface area contributed by atoms with Crippen LogP contribution in [0.3, 0.4) is 0 Å². The molecule has 7 nitrogen and oxygen atoms in total. The molecule has 0 bridgehead atoms. The summed E-state index contributed by atoms with van der Waals surface area (Å²) in [6.45, 7) is 0.347. The van der Waals surface area contributed by atoms with Crippen LogP contribution < -0.4 is 10.9 Å². The fraction of sp³-hybridized carbons (Fsp3) is 0.200. The number of rotatable bonds is 5. The van der Waals surface area contributed by atoms with E-state index in [1.54, 1.807) is 18.2 Å². The van der Waals surface area contributed by atoms with Gasteiger partial charge in [0.1, 0.15) is 5.52 Å². The lowest BCUT2D eigenvalue weighted by atomic mass is 10.2. The van der Waals surface area contributed by atoms with Crippen LogP contribution in [0, 0.1) is 0 Å². The van der Waals surface area contributed by atoms with Gasteiger partial charge in [-0.1, -0.05) is 23.4 Å². The van der Waals surface area contributed by atoms with Crippen LogP contribution in [0.4, 0.5) is 5.69 Å². The third-order valence-corrected chi connectivity index (χ3v) is 4.61. The SMILES string of the molecule is Cn1ccc2c(NC(=O)CCCn3nnc4ccccc4c3=O)cccc21. The van der Waals surface area contributed by atoms with E-state index in [0.29, 0.717) is 30.3 Å². The molecule has 7 heteroatoms. The molecule has 0 atom stereocenters. The molecule has 0 radical (unpaired) electrons. The highest BCUT2D eigenvalue weighted by molar-refractivity contribution is 6.01. The molecule has 4 rings (SSSR count). The van der Waals surface area contributed by atoms with Crippen LogP contribution in [0.15, 0.2) is 59.5 Å². The van der Waals surface area contributed by atoms with E-state index in [2.05, 4.69) is 15.6 Å². The second-order valence-electron chi connectivity index (χ2n) is 6.45. The lowest BCUT2D eigenvalue weighted by Gasteiger charge is -2.08. The quantitative estimate of drug-likeness (QED) is 0.592. The third kappa shape index (κ3) is 3.31. The molecular weight excluding hydrogens is 342 g/mol. The molecule has 136 valence electrons. The number of benzene rings is 2. The van der Waals surface area contributed by atoms with Gasteiger partial charge in [0.05, 0.1) is 11.1 Å². The Balaban J connectivity index is 1.41. The first-order valence-corrected chi connectivity index (χ1v) is 8.80. The van der Waals surface area contributed by atoms with Gasteiger partial charge in [-0.2, -0.15) is 0 Å². The lowest BCUT2D eigenvalue weighted by molar-refractivity contribution is -0.116. The summed E-state index contributed by atoms with van der Waals surface area (Å²) < 4.78 is 3.32. The predicted octanol–water partition coefficient (Wildman–Crippen LogP) is 2.70. The molecule has 2 heterocycles. The molecule has 1 N–H and O–H groups in total. The van der Waals surface area contributed by atoms with Gasteiger partial charge in [-0.15, -0.1) is 5.10 Å². The van der Waals surface area contributed by atoms with Crippen molar-refractivity contribution in [3.05, 3.63) is 65.1 Å². The van der Waals surface area contributed by atoms with E-state index in [0.717, 1.165) is 16.6 Å². The summed E-state index contributed by atoms with van der Waals surface area (Å²) in [6, 6.07) is 14.9. The van der Waals surface area contributed by atoms with Crippen LogP contribution in [0.25, 0.3) is 21.8 Å². The van der Waals surface area contributed by atoms with Gasteiger partial charge in [-0.05, 0) is 36.8 Å². The Morgan fingerprint density at radius 1 is 1.07 bits per heavy atom.